The van der Waals surface area contributed by atoms with Crippen LogP contribution in [0.15, 0.2) is 32.0 Å². The molecule has 1 aromatic rings. The van der Waals surface area contributed by atoms with Gasteiger partial charge in [-0.1, -0.05) is 29.8 Å². The van der Waals surface area contributed by atoms with Crippen LogP contribution < -0.4 is 0 Å². The lowest BCUT2D eigenvalue weighted by Crippen LogP contribution is -2.38. The normalized spacial score (nSPS) is 12.1. The van der Waals surface area contributed by atoms with Crippen molar-refractivity contribution in [1.82, 2.24) is 4.31 Å². The molecule has 0 aliphatic carbocycles. The van der Waals surface area contributed by atoms with Crippen molar-refractivity contribution in [2.45, 2.75) is 18.7 Å². The minimum Gasteiger partial charge on any atom is -0.480 e. The molecule has 0 fully saturated rings. The molecule has 0 unspecified atom stereocenters. The maximum atomic E-state index is 12.6. The molecule has 8 heteroatoms. The van der Waals surface area contributed by atoms with Crippen molar-refractivity contribution in [1.29, 1.82) is 0 Å². The minimum atomic E-state index is -3.85. The molecule has 0 spiro atoms. The van der Waals surface area contributed by atoms with E-state index in [1.807, 2.05) is 13.8 Å². The third-order valence-corrected chi connectivity index (χ3v) is 5.67. The van der Waals surface area contributed by atoms with Crippen LogP contribution in [0.2, 0.25) is 0 Å². The molecule has 0 heterocycles. The zero-order valence-corrected chi connectivity index (χ0v) is 15.0. The van der Waals surface area contributed by atoms with Crippen molar-refractivity contribution in [2.24, 2.45) is 5.92 Å². The molecule has 0 aliphatic rings. The number of hydrogen-bond acceptors (Lipinski definition) is 3. The molecule has 1 N–H and O–H groups in total. The number of sulfonamides is 1. The van der Waals surface area contributed by atoms with Crippen LogP contribution in [0.3, 0.4) is 0 Å². The highest BCUT2D eigenvalue weighted by atomic mass is 79.9. The smallest absolute Gasteiger partial charge is 0.318 e. The maximum absolute atomic E-state index is 12.6. The van der Waals surface area contributed by atoms with Crippen molar-refractivity contribution in [3.05, 3.63) is 27.1 Å². The van der Waals surface area contributed by atoms with E-state index in [1.165, 1.54) is 6.07 Å². The summed E-state index contributed by atoms with van der Waals surface area (Å²) in [6.45, 7) is 3.27. The minimum absolute atomic E-state index is 0.0262. The van der Waals surface area contributed by atoms with Gasteiger partial charge in [0.2, 0.25) is 10.0 Å². The number of nitrogens with zero attached hydrogens (tertiary/aromatic N) is 1. The molecule has 20 heavy (non-hydrogen) atoms. The molecule has 0 saturated heterocycles. The number of aliphatic carboxylic acids is 1. The van der Waals surface area contributed by atoms with Gasteiger partial charge in [0.25, 0.3) is 0 Å². The number of halogens is 2. The average molecular weight is 429 g/mol. The maximum Gasteiger partial charge on any atom is 0.318 e. The van der Waals surface area contributed by atoms with Gasteiger partial charge in [-0.05, 0) is 40.0 Å². The molecule has 112 valence electrons. The van der Waals surface area contributed by atoms with Crippen LogP contribution in [-0.2, 0) is 14.8 Å². The van der Waals surface area contributed by atoms with Crippen molar-refractivity contribution >= 4 is 47.9 Å². The van der Waals surface area contributed by atoms with Gasteiger partial charge in [0, 0.05) is 15.5 Å². The van der Waals surface area contributed by atoms with E-state index in [9.17, 15) is 13.2 Å². The second-order valence-electron chi connectivity index (χ2n) is 4.66. The van der Waals surface area contributed by atoms with Crippen molar-refractivity contribution in [3.63, 3.8) is 0 Å². The summed E-state index contributed by atoms with van der Waals surface area (Å²) in [5.74, 6) is -1.15. The summed E-state index contributed by atoms with van der Waals surface area (Å²) in [5, 5.41) is 8.90. The molecule has 0 aromatic heterocycles. The van der Waals surface area contributed by atoms with Gasteiger partial charge in [-0.25, -0.2) is 8.42 Å². The summed E-state index contributed by atoms with van der Waals surface area (Å²) in [6.07, 6.45) is 0. The van der Waals surface area contributed by atoms with Crippen molar-refractivity contribution in [2.75, 3.05) is 13.1 Å². The first-order chi connectivity index (χ1) is 9.14. The molecule has 0 amide bonds. The summed E-state index contributed by atoms with van der Waals surface area (Å²) >= 11 is 6.45. The Hall–Kier alpha value is -0.440. The Morgan fingerprint density at radius 3 is 2.40 bits per heavy atom. The van der Waals surface area contributed by atoms with Crippen LogP contribution in [-0.4, -0.2) is 36.9 Å². The monoisotopic (exact) mass is 427 g/mol. The lowest BCUT2D eigenvalue weighted by Gasteiger charge is -2.22. The largest absolute Gasteiger partial charge is 0.480 e. The Balaban J connectivity index is 3.24. The zero-order valence-electron chi connectivity index (χ0n) is 11.0. The van der Waals surface area contributed by atoms with Gasteiger partial charge >= 0.3 is 5.97 Å². The summed E-state index contributed by atoms with van der Waals surface area (Å²) in [5.41, 5.74) is 0. The number of carbonyl (C=O) groups is 1. The molecule has 0 radical (unpaired) electrons. The SMILES string of the molecule is CC(C)CN(CC(=O)O)S(=O)(=O)c1ccc(Br)cc1Br. The Labute approximate surface area is 135 Å². The van der Waals surface area contributed by atoms with E-state index < -0.39 is 22.5 Å². The van der Waals surface area contributed by atoms with Gasteiger partial charge in [-0.15, -0.1) is 0 Å². The van der Waals surface area contributed by atoms with Crippen LogP contribution in [0, 0.1) is 5.92 Å². The highest BCUT2D eigenvalue weighted by Crippen LogP contribution is 2.28. The van der Waals surface area contributed by atoms with Crippen LogP contribution in [0.1, 0.15) is 13.8 Å². The fourth-order valence-electron chi connectivity index (χ4n) is 1.63. The second-order valence-corrected chi connectivity index (χ2v) is 8.34. The first-order valence-electron chi connectivity index (χ1n) is 5.81. The predicted octanol–water partition coefficient (Wildman–Crippen LogP) is 2.94. The van der Waals surface area contributed by atoms with E-state index in [4.69, 9.17) is 5.11 Å². The van der Waals surface area contributed by atoms with Crippen LogP contribution >= 0.6 is 31.9 Å². The summed E-state index contributed by atoms with van der Waals surface area (Å²) in [4.78, 5) is 10.9. The first-order valence-corrected chi connectivity index (χ1v) is 8.84. The van der Waals surface area contributed by atoms with Gasteiger partial charge in [-0.3, -0.25) is 4.79 Å². The summed E-state index contributed by atoms with van der Waals surface area (Å²) < 4.78 is 27.2. The van der Waals surface area contributed by atoms with E-state index in [2.05, 4.69) is 31.9 Å². The second kappa shape index (κ2) is 7.02. The van der Waals surface area contributed by atoms with Gasteiger partial charge in [0.1, 0.15) is 6.54 Å². The highest BCUT2D eigenvalue weighted by Gasteiger charge is 2.28. The van der Waals surface area contributed by atoms with Gasteiger partial charge in [0.15, 0.2) is 0 Å². The molecule has 0 saturated carbocycles. The van der Waals surface area contributed by atoms with E-state index in [0.717, 1.165) is 8.78 Å². The van der Waals surface area contributed by atoms with Crippen molar-refractivity contribution < 1.29 is 18.3 Å². The molecule has 1 rings (SSSR count). The zero-order chi connectivity index (χ0) is 15.5. The van der Waals surface area contributed by atoms with Crippen LogP contribution in [0.4, 0.5) is 0 Å². The molecule has 0 atom stereocenters. The van der Waals surface area contributed by atoms with E-state index in [0.29, 0.717) is 4.47 Å². The Bertz CT molecular complexity index is 601. The Morgan fingerprint density at radius 2 is 1.95 bits per heavy atom. The first kappa shape index (κ1) is 17.6. The molecule has 1 aromatic carbocycles. The van der Waals surface area contributed by atoms with Gasteiger partial charge in [0.05, 0.1) is 4.90 Å². The van der Waals surface area contributed by atoms with E-state index >= 15 is 0 Å². The topological polar surface area (TPSA) is 74.7 Å². The van der Waals surface area contributed by atoms with Crippen molar-refractivity contribution in [3.8, 4) is 0 Å². The fraction of sp³-hybridized carbons (Fsp3) is 0.417. The lowest BCUT2D eigenvalue weighted by atomic mass is 10.2. The number of carboxylic acid groups (broad SMARTS) is 1. The Kier molecular flexibility index (Phi) is 6.18. The highest BCUT2D eigenvalue weighted by molar-refractivity contribution is 9.11. The van der Waals surface area contributed by atoms with Crippen LogP contribution in [0.5, 0.6) is 0 Å². The standard InChI is InChI=1S/C12H15Br2NO4S/c1-8(2)6-15(7-12(16)17)20(18,19)11-4-3-9(13)5-10(11)14/h3-5,8H,6-7H2,1-2H3,(H,16,17). The molecule has 5 nitrogen and oxygen atoms in total. The number of rotatable bonds is 6. The van der Waals surface area contributed by atoms with E-state index in [1.54, 1.807) is 12.1 Å². The predicted molar refractivity (Wildman–Crippen MR) is 83.1 cm³/mol. The molecule has 0 aliphatic heterocycles. The number of hydrogen-bond donors (Lipinski definition) is 1. The molecule has 0 bridgehead atoms. The molecular formula is C12H15Br2NO4S. The van der Waals surface area contributed by atoms with Gasteiger partial charge < -0.3 is 5.11 Å². The van der Waals surface area contributed by atoms with Crippen LogP contribution in [0.25, 0.3) is 0 Å². The Morgan fingerprint density at radius 1 is 1.35 bits per heavy atom. The third kappa shape index (κ3) is 4.54. The summed E-state index contributed by atoms with van der Waals surface area (Å²) in [6, 6.07) is 4.66. The number of benzene rings is 1. The third-order valence-electron chi connectivity index (χ3n) is 2.39. The average Bonchev–Trinajstić information content (AvgIpc) is 2.26. The van der Waals surface area contributed by atoms with E-state index in [-0.39, 0.29) is 17.4 Å². The van der Waals surface area contributed by atoms with Gasteiger partial charge in [-0.2, -0.15) is 4.31 Å². The lowest BCUT2D eigenvalue weighted by molar-refractivity contribution is -0.137. The number of carboxylic acids is 1. The quantitative estimate of drug-likeness (QED) is 0.755. The fourth-order valence-corrected chi connectivity index (χ4v) is 4.89. The summed E-state index contributed by atoms with van der Waals surface area (Å²) in [7, 11) is -3.85. The molecular weight excluding hydrogens is 414 g/mol.